The normalized spacial score (nSPS) is 19.8. The molecule has 5 rings (SSSR count). The molecule has 4 aromatic heterocycles. The number of anilines is 1. The van der Waals surface area contributed by atoms with Crippen LogP contribution in [-0.2, 0) is 0 Å². The second kappa shape index (κ2) is 7.13. The van der Waals surface area contributed by atoms with Crippen molar-refractivity contribution in [3.63, 3.8) is 0 Å². The fourth-order valence-electron chi connectivity index (χ4n) is 3.93. The number of aromatic nitrogens is 3. The average Bonchev–Trinajstić information content (AvgIpc) is 3.40. The molecule has 0 radical (unpaired) electrons. The summed E-state index contributed by atoms with van der Waals surface area (Å²) in [6.45, 7) is 0. The van der Waals surface area contributed by atoms with Crippen LogP contribution in [0.3, 0.4) is 0 Å². The minimum Gasteiger partial charge on any atom is -0.472 e. The highest BCUT2D eigenvalue weighted by molar-refractivity contribution is 5.70. The molecule has 28 heavy (non-hydrogen) atoms. The summed E-state index contributed by atoms with van der Waals surface area (Å²) in [4.78, 5) is 8.98. The predicted molar refractivity (Wildman–Crippen MR) is 108 cm³/mol. The van der Waals surface area contributed by atoms with Gasteiger partial charge in [0, 0.05) is 23.5 Å². The van der Waals surface area contributed by atoms with Gasteiger partial charge in [-0.05, 0) is 43.2 Å². The Labute approximate surface area is 162 Å². The predicted octanol–water partition coefficient (Wildman–Crippen LogP) is 4.37. The Hall–Kier alpha value is -3.12. The summed E-state index contributed by atoms with van der Waals surface area (Å²) >= 11 is 0. The molecule has 0 bridgehead atoms. The number of imidazole rings is 1. The minimum atomic E-state index is -0.288. The fraction of sp³-hybridized carbons (Fsp3) is 0.273. The molecule has 0 amide bonds. The van der Waals surface area contributed by atoms with E-state index < -0.39 is 0 Å². The molecule has 0 spiro atoms. The molecular formula is C22H22N4O2. The summed E-state index contributed by atoms with van der Waals surface area (Å²) in [5.74, 6) is 0. The zero-order valence-electron chi connectivity index (χ0n) is 15.5. The molecular weight excluding hydrogens is 352 g/mol. The molecule has 0 saturated heterocycles. The van der Waals surface area contributed by atoms with Gasteiger partial charge >= 0.3 is 0 Å². The zero-order chi connectivity index (χ0) is 18.9. The summed E-state index contributed by atoms with van der Waals surface area (Å²) in [7, 11) is 0. The summed E-state index contributed by atoms with van der Waals surface area (Å²) in [5, 5.41) is 13.8. The van der Waals surface area contributed by atoms with E-state index in [-0.39, 0.29) is 12.1 Å². The third kappa shape index (κ3) is 3.16. The lowest BCUT2D eigenvalue weighted by Gasteiger charge is -2.29. The maximum atomic E-state index is 10.3. The van der Waals surface area contributed by atoms with Crippen LogP contribution in [0.5, 0.6) is 0 Å². The summed E-state index contributed by atoms with van der Waals surface area (Å²) in [5.41, 5.74) is 5.71. The number of aliphatic hydroxyl groups excluding tert-OH is 1. The molecule has 2 atom stereocenters. The summed E-state index contributed by atoms with van der Waals surface area (Å²) in [6.07, 6.45) is 12.9. The highest BCUT2D eigenvalue weighted by atomic mass is 16.3. The Bertz CT molecular complexity index is 1090. The van der Waals surface area contributed by atoms with Gasteiger partial charge in [-0.1, -0.05) is 12.8 Å². The average molecular weight is 374 g/mol. The molecule has 1 aliphatic carbocycles. The lowest BCUT2D eigenvalue weighted by molar-refractivity contribution is 0.116. The van der Waals surface area contributed by atoms with E-state index in [0.717, 1.165) is 59.5 Å². The van der Waals surface area contributed by atoms with E-state index >= 15 is 0 Å². The molecule has 0 aliphatic heterocycles. The Morgan fingerprint density at radius 3 is 2.86 bits per heavy atom. The number of fused-ring (bicyclic) bond motifs is 1. The van der Waals surface area contributed by atoms with Gasteiger partial charge in [-0.15, -0.1) is 0 Å². The highest BCUT2D eigenvalue weighted by Gasteiger charge is 2.22. The Kier molecular flexibility index (Phi) is 4.33. The van der Waals surface area contributed by atoms with Crippen LogP contribution >= 0.6 is 0 Å². The Morgan fingerprint density at radius 1 is 1.07 bits per heavy atom. The van der Waals surface area contributed by atoms with Crippen LogP contribution < -0.4 is 5.32 Å². The lowest BCUT2D eigenvalue weighted by atomic mass is 9.92. The van der Waals surface area contributed by atoms with Gasteiger partial charge in [-0.3, -0.25) is 9.38 Å². The van der Waals surface area contributed by atoms with E-state index in [4.69, 9.17) is 4.42 Å². The van der Waals surface area contributed by atoms with E-state index in [1.54, 1.807) is 18.7 Å². The van der Waals surface area contributed by atoms with E-state index in [1.807, 2.05) is 36.5 Å². The molecule has 6 heteroatoms. The topological polar surface area (TPSA) is 75.6 Å². The van der Waals surface area contributed by atoms with Crippen molar-refractivity contribution < 1.29 is 9.52 Å². The van der Waals surface area contributed by atoms with Crippen molar-refractivity contribution in [2.24, 2.45) is 0 Å². The van der Waals surface area contributed by atoms with E-state index in [9.17, 15) is 5.11 Å². The maximum Gasteiger partial charge on any atom is 0.137 e. The lowest BCUT2D eigenvalue weighted by Crippen LogP contribution is -2.36. The van der Waals surface area contributed by atoms with E-state index in [1.165, 1.54) is 0 Å². The van der Waals surface area contributed by atoms with Gasteiger partial charge in [-0.25, -0.2) is 4.98 Å². The summed E-state index contributed by atoms with van der Waals surface area (Å²) < 4.78 is 7.26. The van der Waals surface area contributed by atoms with Crippen molar-refractivity contribution in [1.82, 2.24) is 14.4 Å². The number of hydrogen-bond donors (Lipinski definition) is 2. The second-order valence-corrected chi connectivity index (χ2v) is 7.33. The third-order valence-corrected chi connectivity index (χ3v) is 5.46. The van der Waals surface area contributed by atoms with Gasteiger partial charge in [-0.2, -0.15) is 0 Å². The first-order valence-electron chi connectivity index (χ1n) is 9.69. The van der Waals surface area contributed by atoms with Crippen LogP contribution in [0.4, 0.5) is 5.69 Å². The SMILES string of the molecule is OC1CCCCC1Nc1ccc2ncc(-c3ccnc(-c4ccoc4)c3)n2c1. The number of rotatable bonds is 4. The maximum absolute atomic E-state index is 10.3. The zero-order valence-corrected chi connectivity index (χ0v) is 15.5. The Morgan fingerprint density at radius 2 is 2.00 bits per heavy atom. The van der Waals surface area contributed by atoms with Gasteiger partial charge in [0.2, 0.25) is 0 Å². The number of hydrogen-bond acceptors (Lipinski definition) is 5. The van der Waals surface area contributed by atoms with Crippen molar-refractivity contribution in [3.8, 4) is 22.5 Å². The van der Waals surface area contributed by atoms with Crippen LogP contribution in [0.1, 0.15) is 25.7 Å². The number of pyridine rings is 2. The largest absolute Gasteiger partial charge is 0.472 e. The molecule has 2 N–H and O–H groups in total. The third-order valence-electron chi connectivity index (χ3n) is 5.46. The molecule has 2 unspecified atom stereocenters. The second-order valence-electron chi connectivity index (χ2n) is 7.33. The standard InChI is InChI=1S/C22H22N4O2/c27-21-4-2-1-3-18(21)25-17-5-6-22-24-12-20(26(22)13-17)15-7-9-23-19(11-15)16-8-10-28-14-16/h5-14,18,21,25,27H,1-4H2. The quantitative estimate of drug-likeness (QED) is 0.555. The Balaban J connectivity index is 1.49. The monoisotopic (exact) mass is 374 g/mol. The van der Waals surface area contributed by atoms with Crippen LogP contribution in [0.2, 0.25) is 0 Å². The highest BCUT2D eigenvalue weighted by Crippen LogP contribution is 2.27. The number of nitrogens with one attached hydrogen (secondary N) is 1. The minimum absolute atomic E-state index is 0.104. The van der Waals surface area contributed by atoms with Crippen molar-refractivity contribution in [2.75, 3.05) is 5.32 Å². The first-order chi connectivity index (χ1) is 13.8. The van der Waals surface area contributed by atoms with E-state index in [0.29, 0.717) is 0 Å². The van der Waals surface area contributed by atoms with Crippen LogP contribution in [0.25, 0.3) is 28.2 Å². The molecule has 1 fully saturated rings. The molecule has 1 aliphatic rings. The van der Waals surface area contributed by atoms with Gasteiger partial charge in [0.1, 0.15) is 5.65 Å². The van der Waals surface area contributed by atoms with Gasteiger partial charge < -0.3 is 14.8 Å². The molecule has 142 valence electrons. The summed E-state index contributed by atoms with van der Waals surface area (Å²) in [6, 6.07) is 10.1. The van der Waals surface area contributed by atoms with Gasteiger partial charge in [0.05, 0.1) is 47.9 Å². The molecule has 1 saturated carbocycles. The number of furan rings is 1. The smallest absolute Gasteiger partial charge is 0.137 e. The van der Waals surface area contributed by atoms with Crippen molar-refractivity contribution in [2.45, 2.75) is 37.8 Å². The first kappa shape index (κ1) is 17.0. The van der Waals surface area contributed by atoms with Gasteiger partial charge in [0.25, 0.3) is 0 Å². The van der Waals surface area contributed by atoms with Crippen molar-refractivity contribution in [3.05, 3.63) is 61.4 Å². The molecule has 4 heterocycles. The molecule has 0 aromatic carbocycles. The number of nitrogens with zero attached hydrogens (tertiary/aromatic N) is 3. The van der Waals surface area contributed by atoms with E-state index in [2.05, 4.69) is 25.9 Å². The fourth-order valence-corrected chi connectivity index (χ4v) is 3.93. The number of aliphatic hydroxyl groups is 1. The van der Waals surface area contributed by atoms with Crippen LogP contribution in [-0.4, -0.2) is 31.6 Å². The van der Waals surface area contributed by atoms with Gasteiger partial charge in [0.15, 0.2) is 0 Å². The van der Waals surface area contributed by atoms with Crippen molar-refractivity contribution in [1.29, 1.82) is 0 Å². The first-order valence-corrected chi connectivity index (χ1v) is 9.69. The van der Waals surface area contributed by atoms with Crippen molar-refractivity contribution >= 4 is 11.3 Å². The van der Waals surface area contributed by atoms with Crippen LogP contribution in [0.15, 0.2) is 65.9 Å². The van der Waals surface area contributed by atoms with Crippen LogP contribution in [0, 0.1) is 0 Å². The molecule has 4 aromatic rings. The molecule has 6 nitrogen and oxygen atoms in total.